The Morgan fingerprint density at radius 2 is 2.00 bits per heavy atom. The highest BCUT2D eigenvalue weighted by molar-refractivity contribution is 6.36. The van der Waals surface area contributed by atoms with E-state index in [1.807, 2.05) is 6.92 Å². The summed E-state index contributed by atoms with van der Waals surface area (Å²) in [5, 5.41) is 6.27. The van der Waals surface area contributed by atoms with Crippen LogP contribution >= 0.6 is 23.2 Å². The van der Waals surface area contributed by atoms with Crippen LogP contribution in [0, 0.1) is 5.82 Å². The minimum absolute atomic E-state index is 0.169. The quantitative estimate of drug-likeness (QED) is 0.845. The van der Waals surface area contributed by atoms with E-state index in [2.05, 4.69) is 10.6 Å². The minimum Gasteiger partial charge on any atom is -0.382 e. The van der Waals surface area contributed by atoms with Crippen LogP contribution in [0.4, 0.5) is 15.8 Å². The van der Waals surface area contributed by atoms with E-state index in [4.69, 9.17) is 23.2 Å². The molecule has 6 heteroatoms. The molecule has 110 valence electrons. The van der Waals surface area contributed by atoms with Gasteiger partial charge in [0.05, 0.1) is 22.0 Å². The Balaban J connectivity index is 2.30. The SMILES string of the molecule is CCNc1c(F)cccc1C(=O)Nc1ccc(Cl)cc1Cl. The maximum Gasteiger partial charge on any atom is 0.257 e. The molecule has 0 heterocycles. The predicted molar refractivity (Wildman–Crippen MR) is 85.0 cm³/mol. The molecule has 0 fully saturated rings. The van der Waals surface area contributed by atoms with Crippen LogP contribution < -0.4 is 10.6 Å². The second-order valence-electron chi connectivity index (χ2n) is 4.27. The molecule has 0 spiro atoms. The van der Waals surface area contributed by atoms with Crippen LogP contribution in [0.3, 0.4) is 0 Å². The molecule has 0 saturated carbocycles. The number of amides is 1. The maximum atomic E-state index is 13.8. The predicted octanol–water partition coefficient (Wildman–Crippen LogP) is 4.82. The number of halogens is 3. The number of hydrogen-bond donors (Lipinski definition) is 2. The number of nitrogens with one attached hydrogen (secondary N) is 2. The number of carbonyl (C=O) groups excluding carboxylic acids is 1. The molecular weight excluding hydrogens is 314 g/mol. The van der Waals surface area contributed by atoms with Crippen molar-refractivity contribution in [2.24, 2.45) is 0 Å². The van der Waals surface area contributed by atoms with Gasteiger partial charge in [-0.25, -0.2) is 4.39 Å². The fourth-order valence-corrected chi connectivity index (χ4v) is 2.31. The summed E-state index contributed by atoms with van der Waals surface area (Å²) in [6.45, 7) is 2.33. The summed E-state index contributed by atoms with van der Waals surface area (Å²) < 4.78 is 13.8. The van der Waals surface area contributed by atoms with Gasteiger partial charge in [0.2, 0.25) is 0 Å². The summed E-state index contributed by atoms with van der Waals surface area (Å²) in [5.74, 6) is -0.929. The zero-order valence-electron chi connectivity index (χ0n) is 11.2. The molecule has 0 atom stereocenters. The van der Waals surface area contributed by atoms with E-state index < -0.39 is 11.7 Å². The van der Waals surface area contributed by atoms with Crippen LogP contribution in [0.2, 0.25) is 10.0 Å². The Kier molecular flexibility index (Phi) is 5.04. The van der Waals surface area contributed by atoms with E-state index in [1.54, 1.807) is 18.2 Å². The van der Waals surface area contributed by atoms with Gasteiger partial charge in [0.15, 0.2) is 0 Å². The first-order chi connectivity index (χ1) is 10.0. The minimum atomic E-state index is -0.480. The van der Waals surface area contributed by atoms with Crippen molar-refractivity contribution < 1.29 is 9.18 Å². The van der Waals surface area contributed by atoms with Crippen molar-refractivity contribution in [1.82, 2.24) is 0 Å². The molecule has 0 aliphatic rings. The Morgan fingerprint density at radius 3 is 2.67 bits per heavy atom. The average Bonchev–Trinajstić information content (AvgIpc) is 2.44. The molecule has 3 nitrogen and oxygen atoms in total. The van der Waals surface area contributed by atoms with E-state index in [9.17, 15) is 9.18 Å². The van der Waals surface area contributed by atoms with Crippen molar-refractivity contribution in [1.29, 1.82) is 0 Å². The third-order valence-corrected chi connectivity index (χ3v) is 3.34. The van der Waals surface area contributed by atoms with Crippen LogP contribution in [-0.4, -0.2) is 12.5 Å². The van der Waals surface area contributed by atoms with Gasteiger partial charge in [-0.2, -0.15) is 0 Å². The van der Waals surface area contributed by atoms with Gasteiger partial charge in [0.1, 0.15) is 5.82 Å². The molecule has 2 rings (SSSR count). The molecule has 2 aromatic carbocycles. The van der Waals surface area contributed by atoms with Crippen molar-refractivity contribution in [3.63, 3.8) is 0 Å². The lowest BCUT2D eigenvalue weighted by molar-refractivity contribution is 0.102. The summed E-state index contributed by atoms with van der Waals surface area (Å²) in [6.07, 6.45) is 0. The molecule has 0 aromatic heterocycles. The van der Waals surface area contributed by atoms with Gasteiger partial charge in [0.25, 0.3) is 5.91 Å². The van der Waals surface area contributed by atoms with Crippen LogP contribution in [0.5, 0.6) is 0 Å². The normalized spacial score (nSPS) is 10.3. The molecule has 0 radical (unpaired) electrons. The number of para-hydroxylation sites is 1. The van der Waals surface area contributed by atoms with Gasteiger partial charge in [-0.1, -0.05) is 29.3 Å². The first kappa shape index (κ1) is 15.6. The molecule has 2 N–H and O–H groups in total. The van der Waals surface area contributed by atoms with Gasteiger partial charge in [-0.05, 0) is 37.3 Å². The Bertz CT molecular complexity index is 677. The fourth-order valence-electron chi connectivity index (χ4n) is 1.85. The molecular formula is C15H13Cl2FN2O. The van der Waals surface area contributed by atoms with Gasteiger partial charge >= 0.3 is 0 Å². The first-order valence-electron chi connectivity index (χ1n) is 6.31. The number of rotatable bonds is 4. The maximum absolute atomic E-state index is 13.8. The first-order valence-corrected chi connectivity index (χ1v) is 7.07. The molecule has 0 saturated heterocycles. The highest BCUT2D eigenvalue weighted by Crippen LogP contribution is 2.27. The summed E-state index contributed by atoms with van der Waals surface area (Å²) in [7, 11) is 0. The molecule has 21 heavy (non-hydrogen) atoms. The van der Waals surface area contributed by atoms with Gasteiger partial charge < -0.3 is 10.6 Å². The molecule has 1 amide bonds. The van der Waals surface area contributed by atoms with E-state index in [0.717, 1.165) is 0 Å². The Labute approximate surface area is 132 Å². The van der Waals surface area contributed by atoms with E-state index in [0.29, 0.717) is 22.3 Å². The van der Waals surface area contributed by atoms with E-state index in [1.165, 1.54) is 18.2 Å². The Morgan fingerprint density at radius 1 is 1.24 bits per heavy atom. The monoisotopic (exact) mass is 326 g/mol. The lowest BCUT2D eigenvalue weighted by atomic mass is 10.1. The number of hydrogen-bond acceptors (Lipinski definition) is 2. The lowest BCUT2D eigenvalue weighted by Crippen LogP contribution is -2.16. The highest BCUT2D eigenvalue weighted by atomic mass is 35.5. The largest absolute Gasteiger partial charge is 0.382 e. The number of benzene rings is 2. The topological polar surface area (TPSA) is 41.1 Å². The summed E-state index contributed by atoms with van der Waals surface area (Å²) in [4.78, 5) is 12.3. The van der Waals surface area contributed by atoms with Gasteiger partial charge in [-0.3, -0.25) is 4.79 Å². The van der Waals surface area contributed by atoms with Crippen molar-refractivity contribution >= 4 is 40.5 Å². The summed E-state index contributed by atoms with van der Waals surface area (Å²) in [6, 6.07) is 9.04. The Hall–Kier alpha value is -1.78. The third kappa shape index (κ3) is 3.65. The van der Waals surface area contributed by atoms with Crippen LogP contribution in [-0.2, 0) is 0 Å². The second-order valence-corrected chi connectivity index (χ2v) is 5.11. The van der Waals surface area contributed by atoms with Crippen molar-refractivity contribution in [3.8, 4) is 0 Å². The number of carbonyl (C=O) groups is 1. The third-order valence-electron chi connectivity index (χ3n) is 2.79. The van der Waals surface area contributed by atoms with Gasteiger partial charge in [-0.15, -0.1) is 0 Å². The van der Waals surface area contributed by atoms with Crippen LogP contribution in [0.25, 0.3) is 0 Å². The summed E-state index contributed by atoms with van der Waals surface area (Å²) in [5.41, 5.74) is 0.795. The second kappa shape index (κ2) is 6.78. The van der Waals surface area contributed by atoms with Crippen molar-refractivity contribution in [2.45, 2.75) is 6.92 Å². The van der Waals surface area contributed by atoms with Crippen molar-refractivity contribution in [2.75, 3.05) is 17.2 Å². The molecule has 0 aliphatic carbocycles. The van der Waals surface area contributed by atoms with E-state index >= 15 is 0 Å². The molecule has 0 aliphatic heterocycles. The highest BCUT2D eigenvalue weighted by Gasteiger charge is 2.15. The molecule has 2 aromatic rings. The smallest absolute Gasteiger partial charge is 0.257 e. The summed E-state index contributed by atoms with van der Waals surface area (Å²) >= 11 is 11.8. The van der Waals surface area contributed by atoms with Gasteiger partial charge in [0, 0.05) is 11.6 Å². The molecule has 0 bridgehead atoms. The van der Waals surface area contributed by atoms with E-state index in [-0.39, 0.29) is 11.3 Å². The van der Waals surface area contributed by atoms with Crippen LogP contribution in [0.15, 0.2) is 36.4 Å². The fraction of sp³-hybridized carbons (Fsp3) is 0.133. The standard InChI is InChI=1S/C15H13Cl2FN2O/c1-2-19-14-10(4-3-5-12(14)18)15(21)20-13-7-6-9(16)8-11(13)17/h3-8,19H,2H2,1H3,(H,20,21). The zero-order valence-corrected chi connectivity index (χ0v) is 12.7. The average molecular weight is 327 g/mol. The molecule has 0 unspecified atom stereocenters. The van der Waals surface area contributed by atoms with Crippen LogP contribution in [0.1, 0.15) is 17.3 Å². The van der Waals surface area contributed by atoms with Crippen molar-refractivity contribution in [3.05, 3.63) is 57.8 Å². The zero-order chi connectivity index (χ0) is 15.4. The number of anilines is 2. The lowest BCUT2D eigenvalue weighted by Gasteiger charge is -2.12.